The molecule has 0 radical (unpaired) electrons. The third kappa shape index (κ3) is 7.03. The second-order valence-corrected chi connectivity index (χ2v) is 17.0. The fourth-order valence-corrected chi connectivity index (χ4v) is 8.88. The van der Waals surface area contributed by atoms with E-state index in [4.69, 9.17) is 16.6 Å². The molecule has 1 fully saturated rings. The second kappa shape index (κ2) is 14.4. The van der Waals surface area contributed by atoms with Crippen molar-refractivity contribution >= 4 is 55.3 Å². The van der Waals surface area contributed by atoms with Gasteiger partial charge in [0.1, 0.15) is 35.4 Å². The highest BCUT2D eigenvalue weighted by Crippen LogP contribution is 2.68. The molecule has 22 heteroatoms. The van der Waals surface area contributed by atoms with Crippen molar-refractivity contribution < 1.29 is 39.6 Å². The van der Waals surface area contributed by atoms with E-state index in [9.17, 15) is 35.6 Å². The number of fused-ring (bicyclic) bond motifs is 5. The van der Waals surface area contributed by atoms with Gasteiger partial charge in [0.05, 0.1) is 45.0 Å². The smallest absolute Gasteiger partial charge is 0.293 e. The van der Waals surface area contributed by atoms with Crippen molar-refractivity contribution in [2.24, 2.45) is 13.0 Å². The van der Waals surface area contributed by atoms with Crippen LogP contribution in [0.15, 0.2) is 71.8 Å². The van der Waals surface area contributed by atoms with Crippen molar-refractivity contribution in [3.63, 3.8) is 0 Å². The lowest BCUT2D eigenvalue weighted by Gasteiger charge is -2.24. The van der Waals surface area contributed by atoms with E-state index in [0.717, 1.165) is 23.0 Å². The standard InChI is InChI=1S/C39H29ClF6N10O4S/c1-54-32-27(6-4-24(40)30(32)36(52-54)53-61(2,59)60)56-37(50-35-21(38(56)58)3-5-25(49-35)18-7-9-47-10-8-18)26(13-17-11-19(41)14-20(42)12-17)48-28(57)16-55-33-29(31(51-55)34(43)44)22-15-23(22)39(33,45)46/h3-12,14,22-23,26,34H,13,15-16H2,1-2H3,(H,48,57)(H,52,53)/t22-,23+,26-/m0/s1. The summed E-state index contributed by atoms with van der Waals surface area (Å²) >= 11 is 6.61. The molecule has 2 aliphatic carbocycles. The second-order valence-electron chi connectivity index (χ2n) is 14.8. The van der Waals surface area contributed by atoms with Gasteiger partial charge in [-0.05, 0) is 66.4 Å². The minimum Gasteiger partial charge on any atom is -0.344 e. The minimum absolute atomic E-state index is 0.00132. The van der Waals surface area contributed by atoms with E-state index in [1.807, 2.05) is 0 Å². The Morgan fingerprint density at radius 3 is 2.43 bits per heavy atom. The topological polar surface area (TPSA) is 172 Å². The number of rotatable bonds is 11. The molecular formula is C39H29ClF6N10O4S. The normalized spacial score (nSPS) is 17.1. The van der Waals surface area contributed by atoms with E-state index in [1.165, 1.54) is 42.3 Å². The molecule has 0 bridgehead atoms. The van der Waals surface area contributed by atoms with Crippen LogP contribution < -0.4 is 15.6 Å². The first-order chi connectivity index (χ1) is 28.9. The summed E-state index contributed by atoms with van der Waals surface area (Å²) in [4.78, 5) is 42.4. The molecule has 7 aromatic rings. The number of carbonyl (C=O) groups is 1. The summed E-state index contributed by atoms with van der Waals surface area (Å²) in [6, 6.07) is 10.1. The van der Waals surface area contributed by atoms with Crippen molar-refractivity contribution in [1.29, 1.82) is 0 Å². The van der Waals surface area contributed by atoms with Gasteiger partial charge >= 0.3 is 0 Å². The molecule has 61 heavy (non-hydrogen) atoms. The maximum atomic E-state index is 15.5. The number of nitrogens with zero attached hydrogens (tertiary/aromatic N) is 8. The molecule has 5 aromatic heterocycles. The van der Waals surface area contributed by atoms with Crippen molar-refractivity contribution in [3.8, 4) is 16.9 Å². The number of benzene rings is 2. The Morgan fingerprint density at radius 1 is 1.02 bits per heavy atom. The molecule has 0 aliphatic heterocycles. The summed E-state index contributed by atoms with van der Waals surface area (Å²) in [5.41, 5.74) is -1.87. The van der Waals surface area contributed by atoms with E-state index in [2.05, 4.69) is 30.2 Å². The number of halogens is 7. The van der Waals surface area contributed by atoms with Crippen molar-refractivity contribution in [3.05, 3.63) is 122 Å². The molecule has 1 saturated carbocycles. The summed E-state index contributed by atoms with van der Waals surface area (Å²) in [6.45, 7) is -0.992. The van der Waals surface area contributed by atoms with E-state index in [0.29, 0.717) is 22.0 Å². The Morgan fingerprint density at radius 2 is 1.74 bits per heavy atom. The van der Waals surface area contributed by atoms with Gasteiger partial charge in [-0.25, -0.2) is 35.9 Å². The fraction of sp³-hybridized carbons (Fsp3) is 0.256. The predicted molar refractivity (Wildman–Crippen MR) is 209 cm³/mol. The zero-order valence-electron chi connectivity index (χ0n) is 31.5. The zero-order valence-corrected chi connectivity index (χ0v) is 33.1. The van der Waals surface area contributed by atoms with Crippen LogP contribution in [-0.4, -0.2) is 59.7 Å². The number of anilines is 1. The maximum Gasteiger partial charge on any atom is 0.293 e. The lowest BCUT2D eigenvalue weighted by Crippen LogP contribution is -2.38. The highest BCUT2D eigenvalue weighted by Gasteiger charge is 2.67. The van der Waals surface area contributed by atoms with E-state index in [1.54, 1.807) is 18.2 Å². The Hall–Kier alpha value is -6.35. The van der Waals surface area contributed by atoms with Crippen molar-refractivity contribution in [2.75, 3.05) is 11.0 Å². The number of alkyl halides is 4. The summed E-state index contributed by atoms with van der Waals surface area (Å²) in [5, 5.41) is 10.7. The number of aryl methyl sites for hydroxylation is 1. The van der Waals surface area contributed by atoms with Crippen molar-refractivity contribution in [1.82, 2.24) is 44.4 Å². The van der Waals surface area contributed by atoms with Gasteiger partial charge in [-0.2, -0.15) is 19.0 Å². The molecule has 1 amide bonds. The average Bonchev–Trinajstić information content (AvgIpc) is 3.73. The van der Waals surface area contributed by atoms with Gasteiger partial charge in [0.15, 0.2) is 11.5 Å². The molecule has 3 atom stereocenters. The summed E-state index contributed by atoms with van der Waals surface area (Å²) < 4.78 is 118. The number of nitrogens with one attached hydrogen (secondary N) is 2. The van der Waals surface area contributed by atoms with Crippen LogP contribution in [0, 0.1) is 17.6 Å². The van der Waals surface area contributed by atoms with Gasteiger partial charge in [0, 0.05) is 49.0 Å². The number of carbonyl (C=O) groups excluding carboxylic acids is 1. The van der Waals surface area contributed by atoms with Gasteiger partial charge < -0.3 is 5.32 Å². The van der Waals surface area contributed by atoms with Crippen LogP contribution in [0.3, 0.4) is 0 Å². The number of hydrogen-bond acceptors (Lipinski definition) is 9. The van der Waals surface area contributed by atoms with Gasteiger partial charge in [0.2, 0.25) is 15.9 Å². The number of amides is 1. The quantitative estimate of drug-likeness (QED) is 0.138. The zero-order chi connectivity index (χ0) is 43.3. The van der Waals surface area contributed by atoms with E-state index >= 15 is 8.78 Å². The van der Waals surface area contributed by atoms with Crippen LogP contribution in [0.5, 0.6) is 0 Å². The van der Waals surface area contributed by atoms with Gasteiger partial charge in [-0.15, -0.1) is 0 Å². The summed E-state index contributed by atoms with van der Waals surface area (Å²) in [6.07, 6.45) is 0.240. The van der Waals surface area contributed by atoms with Crippen LogP contribution in [0.1, 0.15) is 53.1 Å². The van der Waals surface area contributed by atoms with Gasteiger partial charge in [-0.3, -0.25) is 33.2 Å². The number of sulfonamides is 1. The molecule has 2 aromatic carbocycles. The average molecular weight is 883 g/mol. The first kappa shape index (κ1) is 40.1. The molecule has 2 aliphatic rings. The van der Waals surface area contributed by atoms with Crippen LogP contribution in [-0.2, 0) is 40.8 Å². The molecule has 5 heterocycles. The number of pyridine rings is 2. The monoisotopic (exact) mass is 882 g/mol. The third-order valence-corrected chi connectivity index (χ3v) is 11.5. The molecule has 0 saturated heterocycles. The van der Waals surface area contributed by atoms with Crippen LogP contribution >= 0.6 is 11.6 Å². The van der Waals surface area contributed by atoms with E-state index < -0.39 is 87.7 Å². The fourth-order valence-electron chi connectivity index (χ4n) is 8.14. The number of hydrogen-bond donors (Lipinski definition) is 2. The summed E-state index contributed by atoms with van der Waals surface area (Å²) in [7, 11) is -2.47. The first-order valence-corrected chi connectivity index (χ1v) is 20.7. The van der Waals surface area contributed by atoms with Crippen molar-refractivity contribution in [2.45, 2.75) is 43.7 Å². The predicted octanol–water partition coefficient (Wildman–Crippen LogP) is 6.48. The minimum atomic E-state index is -3.91. The lowest BCUT2D eigenvalue weighted by molar-refractivity contribution is -0.123. The Labute approximate surface area is 345 Å². The largest absolute Gasteiger partial charge is 0.344 e. The Balaban J connectivity index is 1.26. The molecule has 14 nitrogen and oxygen atoms in total. The maximum absolute atomic E-state index is 15.5. The number of aromatic nitrogens is 8. The Kier molecular flexibility index (Phi) is 9.46. The van der Waals surface area contributed by atoms with Gasteiger partial charge in [-0.1, -0.05) is 11.6 Å². The lowest BCUT2D eigenvalue weighted by atomic mass is 10.0. The molecule has 0 unspecified atom stereocenters. The van der Waals surface area contributed by atoms with Crippen LogP contribution in [0.25, 0.3) is 38.9 Å². The molecular weight excluding hydrogens is 854 g/mol. The highest BCUT2D eigenvalue weighted by atomic mass is 35.5. The van der Waals surface area contributed by atoms with E-state index in [-0.39, 0.29) is 61.8 Å². The van der Waals surface area contributed by atoms with Crippen LogP contribution in [0.4, 0.5) is 32.2 Å². The molecule has 2 N–H and O–H groups in total. The molecule has 9 rings (SSSR count). The van der Waals surface area contributed by atoms with Gasteiger partial charge in [0.25, 0.3) is 17.9 Å². The third-order valence-electron chi connectivity index (χ3n) is 10.6. The highest BCUT2D eigenvalue weighted by molar-refractivity contribution is 7.92. The SMILES string of the molecule is Cn1nc(NS(C)(=O)=O)c2c(Cl)ccc(-n3c([C@H](Cc4cc(F)cc(F)c4)NC(=O)Cn4nc(C(F)F)c5c4C(F)(F)[C@@H]4C[C@H]54)nc4nc(-c5ccncc5)ccc4c3=O)c21. The van der Waals surface area contributed by atoms with Crippen LogP contribution in [0.2, 0.25) is 5.02 Å². The molecule has 314 valence electrons. The first-order valence-electron chi connectivity index (χ1n) is 18.4. The Bertz CT molecular complexity index is 3120. The molecule has 0 spiro atoms. The summed E-state index contributed by atoms with van der Waals surface area (Å²) in [5.74, 6) is -9.12.